The van der Waals surface area contributed by atoms with Crippen molar-refractivity contribution in [2.24, 2.45) is 5.10 Å². The van der Waals surface area contributed by atoms with Gasteiger partial charge < -0.3 is 5.11 Å². The molecule has 1 N–H and O–H groups in total. The van der Waals surface area contributed by atoms with Crippen LogP contribution in [0, 0.1) is 0 Å². The number of phenolic OH excluding ortho intramolecular Hbond substituents is 1. The molecule has 0 saturated heterocycles. The van der Waals surface area contributed by atoms with E-state index in [1.54, 1.807) is 34.6 Å². The molecule has 0 radical (unpaired) electrons. The molecule has 0 spiro atoms. The van der Waals surface area contributed by atoms with Crippen LogP contribution in [-0.2, 0) is 0 Å². The Morgan fingerprint density at radius 3 is 2.61 bits per heavy atom. The van der Waals surface area contributed by atoms with E-state index in [0.29, 0.717) is 11.4 Å². The van der Waals surface area contributed by atoms with E-state index < -0.39 is 0 Å². The maximum absolute atomic E-state index is 10.1. The highest BCUT2D eigenvalue weighted by Gasteiger charge is 2.21. The van der Waals surface area contributed by atoms with Crippen LogP contribution < -0.4 is 0 Å². The molecule has 1 aliphatic heterocycles. The van der Waals surface area contributed by atoms with Crippen LogP contribution in [0.4, 0.5) is 0 Å². The van der Waals surface area contributed by atoms with E-state index in [2.05, 4.69) is 31.2 Å². The Bertz CT molecular complexity index is 905. The molecular formula is C16H11BrN4OS. The number of fused-ring (bicyclic) bond motifs is 1. The highest BCUT2D eigenvalue weighted by atomic mass is 79.9. The first kappa shape index (κ1) is 14.5. The number of thioether (sulfide) groups is 1. The van der Waals surface area contributed by atoms with E-state index in [9.17, 15) is 5.11 Å². The van der Waals surface area contributed by atoms with Crippen molar-refractivity contribution in [3.63, 3.8) is 0 Å². The maximum Gasteiger partial charge on any atom is 0.212 e. The molecule has 3 aromatic rings. The van der Waals surface area contributed by atoms with Crippen LogP contribution in [0.15, 0.2) is 63.3 Å². The second-order valence-electron chi connectivity index (χ2n) is 4.98. The molecule has 0 aliphatic carbocycles. The third-order valence-electron chi connectivity index (χ3n) is 3.49. The number of aromatic hydroxyl groups is 1. The smallest absolute Gasteiger partial charge is 0.212 e. The van der Waals surface area contributed by atoms with E-state index in [0.717, 1.165) is 26.7 Å². The second-order valence-corrected chi connectivity index (χ2v) is 6.84. The molecule has 23 heavy (non-hydrogen) atoms. The van der Waals surface area contributed by atoms with E-state index in [1.165, 1.54) is 0 Å². The number of para-hydroxylation sites is 1. The van der Waals surface area contributed by atoms with E-state index in [-0.39, 0.29) is 5.75 Å². The summed E-state index contributed by atoms with van der Waals surface area (Å²) in [4.78, 5) is 0. The van der Waals surface area contributed by atoms with Crippen LogP contribution >= 0.6 is 27.7 Å². The molecular weight excluding hydrogens is 376 g/mol. The third-order valence-corrected chi connectivity index (χ3v) is 4.95. The summed E-state index contributed by atoms with van der Waals surface area (Å²) in [5.41, 5.74) is 2.63. The normalized spacial score (nSPS) is 13.5. The Hall–Kier alpha value is -2.12. The van der Waals surface area contributed by atoms with E-state index in [1.807, 2.05) is 30.3 Å². The van der Waals surface area contributed by atoms with Gasteiger partial charge in [-0.25, -0.2) is 0 Å². The predicted octanol–water partition coefficient (Wildman–Crippen LogP) is 3.77. The molecule has 0 bridgehead atoms. The number of phenols is 1. The van der Waals surface area contributed by atoms with Gasteiger partial charge in [0.1, 0.15) is 5.75 Å². The van der Waals surface area contributed by atoms with Gasteiger partial charge in [0.25, 0.3) is 0 Å². The zero-order chi connectivity index (χ0) is 15.8. The van der Waals surface area contributed by atoms with Crippen LogP contribution in [0.1, 0.15) is 5.56 Å². The Morgan fingerprint density at radius 2 is 1.83 bits per heavy atom. The average molecular weight is 387 g/mol. The highest BCUT2D eigenvalue weighted by Crippen LogP contribution is 2.32. The summed E-state index contributed by atoms with van der Waals surface area (Å²) in [6, 6.07) is 15.1. The van der Waals surface area contributed by atoms with Crippen molar-refractivity contribution in [3.05, 3.63) is 58.6 Å². The first-order chi connectivity index (χ1) is 11.2. The lowest BCUT2D eigenvalue weighted by molar-refractivity contribution is 0.476. The van der Waals surface area contributed by atoms with Gasteiger partial charge in [0.2, 0.25) is 5.16 Å². The molecule has 114 valence electrons. The SMILES string of the molecule is Oc1ccccc1-c1nnc2n1N=C(c1ccc(Br)cc1)CS2. The van der Waals surface area contributed by atoms with Crippen LogP contribution in [0.5, 0.6) is 5.75 Å². The number of halogens is 1. The third kappa shape index (κ3) is 2.66. The lowest BCUT2D eigenvalue weighted by atomic mass is 10.1. The molecule has 5 nitrogen and oxygen atoms in total. The second kappa shape index (κ2) is 5.82. The number of hydrogen-bond donors (Lipinski definition) is 1. The first-order valence-electron chi connectivity index (χ1n) is 6.93. The molecule has 0 amide bonds. The van der Waals surface area contributed by atoms with Crippen LogP contribution in [0.25, 0.3) is 11.4 Å². The number of aromatic nitrogens is 3. The zero-order valence-corrected chi connectivity index (χ0v) is 14.3. The van der Waals surface area contributed by atoms with Gasteiger partial charge in [-0.15, -0.1) is 10.2 Å². The molecule has 2 aromatic carbocycles. The Balaban J connectivity index is 1.81. The van der Waals surface area contributed by atoms with Crippen LogP contribution in [0.3, 0.4) is 0 Å². The minimum absolute atomic E-state index is 0.165. The van der Waals surface area contributed by atoms with Gasteiger partial charge in [-0.2, -0.15) is 9.78 Å². The summed E-state index contributed by atoms with van der Waals surface area (Å²) in [5.74, 6) is 1.44. The van der Waals surface area contributed by atoms with Gasteiger partial charge in [-0.3, -0.25) is 0 Å². The summed E-state index contributed by atoms with van der Waals surface area (Å²) in [7, 11) is 0. The van der Waals surface area contributed by atoms with Crippen molar-refractivity contribution in [1.82, 2.24) is 14.9 Å². The Labute approximate surface area is 145 Å². The van der Waals surface area contributed by atoms with Gasteiger partial charge in [0.15, 0.2) is 5.82 Å². The Kier molecular flexibility index (Phi) is 3.66. The minimum atomic E-state index is 0.165. The molecule has 7 heteroatoms. The Morgan fingerprint density at radius 1 is 1.04 bits per heavy atom. The quantitative estimate of drug-likeness (QED) is 0.727. The fourth-order valence-electron chi connectivity index (χ4n) is 2.34. The maximum atomic E-state index is 10.1. The fourth-order valence-corrected chi connectivity index (χ4v) is 3.44. The number of hydrogen-bond acceptors (Lipinski definition) is 5. The van der Waals surface area contributed by atoms with Crippen molar-refractivity contribution in [2.45, 2.75) is 5.16 Å². The summed E-state index contributed by atoms with van der Waals surface area (Å²) >= 11 is 5.02. The van der Waals surface area contributed by atoms with Gasteiger partial charge in [-0.1, -0.05) is 52.0 Å². The molecule has 0 fully saturated rings. The lowest BCUT2D eigenvalue weighted by Crippen LogP contribution is -2.13. The predicted molar refractivity (Wildman–Crippen MR) is 93.9 cm³/mol. The number of rotatable bonds is 2. The highest BCUT2D eigenvalue weighted by molar-refractivity contribution is 9.10. The standard InChI is InChI=1S/C16H11BrN4OS/c17-11-7-5-10(6-8-11)13-9-23-16-19-18-15(21(16)20-13)12-3-1-2-4-14(12)22/h1-8,22H,9H2. The van der Waals surface area contributed by atoms with Crippen molar-refractivity contribution in [1.29, 1.82) is 0 Å². The molecule has 4 rings (SSSR count). The topological polar surface area (TPSA) is 63.3 Å². The van der Waals surface area contributed by atoms with E-state index >= 15 is 0 Å². The van der Waals surface area contributed by atoms with Crippen LogP contribution in [0.2, 0.25) is 0 Å². The monoisotopic (exact) mass is 386 g/mol. The molecule has 1 aliphatic rings. The molecule has 1 aromatic heterocycles. The van der Waals surface area contributed by atoms with Crippen molar-refractivity contribution in [3.8, 4) is 17.1 Å². The average Bonchev–Trinajstić information content (AvgIpc) is 2.99. The lowest BCUT2D eigenvalue weighted by Gasteiger charge is -2.14. The van der Waals surface area contributed by atoms with E-state index in [4.69, 9.17) is 0 Å². The molecule has 0 unspecified atom stereocenters. The van der Waals surface area contributed by atoms with Crippen LogP contribution in [-0.4, -0.2) is 31.4 Å². The number of nitrogens with zero attached hydrogens (tertiary/aromatic N) is 4. The summed E-state index contributed by atoms with van der Waals surface area (Å²) in [6.07, 6.45) is 0. The summed E-state index contributed by atoms with van der Waals surface area (Å²) in [6.45, 7) is 0. The minimum Gasteiger partial charge on any atom is -0.507 e. The molecule has 2 heterocycles. The zero-order valence-electron chi connectivity index (χ0n) is 11.8. The van der Waals surface area contributed by atoms with Crippen molar-refractivity contribution >= 4 is 33.4 Å². The van der Waals surface area contributed by atoms with Crippen molar-refractivity contribution in [2.75, 3.05) is 5.75 Å². The molecule has 0 saturated carbocycles. The van der Waals surface area contributed by atoms with Gasteiger partial charge >= 0.3 is 0 Å². The van der Waals surface area contributed by atoms with Gasteiger partial charge in [0, 0.05) is 10.2 Å². The van der Waals surface area contributed by atoms with Gasteiger partial charge in [-0.05, 0) is 29.8 Å². The molecule has 0 atom stereocenters. The fraction of sp³-hybridized carbons (Fsp3) is 0.0625. The first-order valence-corrected chi connectivity index (χ1v) is 8.70. The summed E-state index contributed by atoms with van der Waals surface area (Å²) in [5, 5.41) is 23.8. The number of benzene rings is 2. The van der Waals surface area contributed by atoms with Crippen molar-refractivity contribution < 1.29 is 5.11 Å². The largest absolute Gasteiger partial charge is 0.507 e. The summed E-state index contributed by atoms with van der Waals surface area (Å²) < 4.78 is 2.73. The van der Waals surface area contributed by atoms with Gasteiger partial charge in [0.05, 0.1) is 11.3 Å².